The van der Waals surface area contributed by atoms with E-state index in [0.29, 0.717) is 11.7 Å². The fourth-order valence-electron chi connectivity index (χ4n) is 3.94. The summed E-state index contributed by atoms with van der Waals surface area (Å²) in [6, 6.07) is 18.6. The van der Waals surface area contributed by atoms with E-state index in [-0.39, 0.29) is 5.91 Å². The van der Waals surface area contributed by atoms with Gasteiger partial charge in [-0.05, 0) is 56.2 Å². The van der Waals surface area contributed by atoms with E-state index in [1.54, 1.807) is 4.68 Å². The molecule has 1 aromatic heterocycles. The fraction of sp³-hybridized carbons (Fsp3) is 0.348. The molecule has 3 aromatic rings. The maximum absolute atomic E-state index is 12.9. The summed E-state index contributed by atoms with van der Waals surface area (Å²) in [5, 5.41) is 4.52. The van der Waals surface area contributed by atoms with Crippen molar-refractivity contribution in [2.24, 2.45) is 5.92 Å². The van der Waals surface area contributed by atoms with Crippen molar-refractivity contribution in [3.8, 4) is 5.69 Å². The highest BCUT2D eigenvalue weighted by Crippen LogP contribution is 2.23. The van der Waals surface area contributed by atoms with Crippen molar-refractivity contribution in [2.75, 3.05) is 13.1 Å². The van der Waals surface area contributed by atoms with Gasteiger partial charge < -0.3 is 4.90 Å². The molecule has 1 amide bonds. The lowest BCUT2D eigenvalue weighted by Crippen LogP contribution is -2.39. The molecule has 2 heterocycles. The average Bonchev–Trinajstić information content (AvgIpc) is 3.11. The molecule has 144 valence electrons. The van der Waals surface area contributed by atoms with Crippen LogP contribution in [-0.4, -0.2) is 38.7 Å². The second-order valence-electron chi connectivity index (χ2n) is 7.61. The molecule has 0 atom stereocenters. The van der Waals surface area contributed by atoms with E-state index >= 15 is 0 Å². The first-order valence-corrected chi connectivity index (χ1v) is 9.94. The number of amides is 1. The molecule has 0 bridgehead atoms. The third-order valence-corrected chi connectivity index (χ3v) is 5.57. The molecule has 28 heavy (non-hydrogen) atoms. The Morgan fingerprint density at radius 2 is 1.68 bits per heavy atom. The van der Waals surface area contributed by atoms with Crippen LogP contribution in [0.15, 0.2) is 54.6 Å². The number of piperidine rings is 1. The number of carbonyl (C=O) groups is 1. The van der Waals surface area contributed by atoms with Crippen LogP contribution in [0.25, 0.3) is 5.69 Å². The van der Waals surface area contributed by atoms with Crippen LogP contribution < -0.4 is 0 Å². The number of hydrogen-bond donors (Lipinski definition) is 0. The summed E-state index contributed by atoms with van der Waals surface area (Å²) < 4.78 is 1.77. The van der Waals surface area contributed by atoms with Gasteiger partial charge in [0.2, 0.25) is 5.82 Å². The SMILES string of the molecule is Cc1ccccc1-n1nc(C(=O)N2CCC(Cc3ccccc3)CC2)nc1C. The second kappa shape index (κ2) is 7.97. The molecule has 1 fully saturated rings. The van der Waals surface area contributed by atoms with E-state index in [2.05, 4.69) is 40.4 Å². The minimum Gasteiger partial charge on any atom is -0.336 e. The van der Waals surface area contributed by atoms with Crippen molar-refractivity contribution in [1.82, 2.24) is 19.7 Å². The van der Waals surface area contributed by atoms with Crippen LogP contribution in [0.4, 0.5) is 0 Å². The molecule has 0 N–H and O–H groups in total. The lowest BCUT2D eigenvalue weighted by atomic mass is 9.90. The van der Waals surface area contributed by atoms with Gasteiger partial charge in [-0.2, -0.15) is 0 Å². The summed E-state index contributed by atoms with van der Waals surface area (Å²) in [6.07, 6.45) is 3.14. The van der Waals surface area contributed by atoms with Gasteiger partial charge in [-0.3, -0.25) is 4.79 Å². The van der Waals surface area contributed by atoms with Crippen LogP contribution in [0.1, 0.15) is 40.4 Å². The first-order chi connectivity index (χ1) is 13.6. The van der Waals surface area contributed by atoms with Crippen LogP contribution in [0.3, 0.4) is 0 Å². The van der Waals surface area contributed by atoms with Crippen molar-refractivity contribution in [1.29, 1.82) is 0 Å². The summed E-state index contributed by atoms with van der Waals surface area (Å²) >= 11 is 0. The number of nitrogens with zero attached hydrogens (tertiary/aromatic N) is 4. The molecule has 5 heteroatoms. The quantitative estimate of drug-likeness (QED) is 0.694. The van der Waals surface area contributed by atoms with Crippen LogP contribution >= 0.6 is 0 Å². The van der Waals surface area contributed by atoms with Gasteiger partial charge in [-0.1, -0.05) is 48.5 Å². The summed E-state index contributed by atoms with van der Waals surface area (Å²) in [5.74, 6) is 1.60. The first kappa shape index (κ1) is 18.4. The van der Waals surface area contributed by atoms with Crippen molar-refractivity contribution < 1.29 is 4.79 Å². The predicted octanol–water partition coefficient (Wildman–Crippen LogP) is 3.98. The largest absolute Gasteiger partial charge is 0.336 e. The summed E-state index contributed by atoms with van der Waals surface area (Å²) in [5.41, 5.74) is 3.45. The maximum atomic E-state index is 12.9. The van der Waals surface area contributed by atoms with Crippen molar-refractivity contribution >= 4 is 5.91 Å². The fourth-order valence-corrected chi connectivity index (χ4v) is 3.94. The molecule has 5 nitrogen and oxygen atoms in total. The number of rotatable bonds is 4. The van der Waals surface area contributed by atoms with Gasteiger partial charge in [0.05, 0.1) is 5.69 Å². The van der Waals surface area contributed by atoms with E-state index < -0.39 is 0 Å². The Morgan fingerprint density at radius 1 is 1.00 bits per heavy atom. The number of carbonyl (C=O) groups excluding carboxylic acids is 1. The highest BCUT2D eigenvalue weighted by atomic mass is 16.2. The van der Waals surface area contributed by atoms with Gasteiger partial charge in [-0.25, -0.2) is 9.67 Å². The zero-order valence-corrected chi connectivity index (χ0v) is 16.5. The van der Waals surface area contributed by atoms with Gasteiger partial charge in [0, 0.05) is 13.1 Å². The highest BCUT2D eigenvalue weighted by Gasteiger charge is 2.26. The average molecular weight is 374 g/mol. The number of aryl methyl sites for hydroxylation is 2. The molecule has 1 saturated heterocycles. The number of hydrogen-bond acceptors (Lipinski definition) is 3. The highest BCUT2D eigenvalue weighted by molar-refractivity contribution is 5.90. The molecule has 1 aliphatic heterocycles. The Morgan fingerprint density at radius 3 is 2.39 bits per heavy atom. The number of aromatic nitrogens is 3. The zero-order chi connectivity index (χ0) is 19.5. The smallest absolute Gasteiger partial charge is 0.293 e. The van der Waals surface area contributed by atoms with Crippen molar-refractivity contribution in [2.45, 2.75) is 33.1 Å². The van der Waals surface area contributed by atoms with E-state index in [1.807, 2.05) is 43.0 Å². The first-order valence-electron chi connectivity index (χ1n) is 9.94. The number of likely N-dealkylation sites (tertiary alicyclic amines) is 1. The van der Waals surface area contributed by atoms with E-state index in [9.17, 15) is 4.79 Å². The summed E-state index contributed by atoms with van der Waals surface area (Å²) in [6.45, 7) is 5.47. The Bertz CT molecular complexity index is 956. The Balaban J connectivity index is 1.42. The Kier molecular flexibility index (Phi) is 5.24. The van der Waals surface area contributed by atoms with Gasteiger partial charge in [0.1, 0.15) is 5.82 Å². The molecule has 1 aliphatic rings. The number of benzene rings is 2. The van der Waals surface area contributed by atoms with Gasteiger partial charge >= 0.3 is 0 Å². The topological polar surface area (TPSA) is 51.0 Å². The third kappa shape index (κ3) is 3.84. The molecule has 0 radical (unpaired) electrons. The van der Waals surface area contributed by atoms with Crippen LogP contribution in [0, 0.1) is 19.8 Å². The molecule has 2 aromatic carbocycles. The predicted molar refractivity (Wildman–Crippen MR) is 110 cm³/mol. The molecule has 0 aliphatic carbocycles. The van der Waals surface area contributed by atoms with E-state index in [4.69, 9.17) is 0 Å². The Labute approximate surface area is 166 Å². The molecule has 0 saturated carbocycles. The standard InChI is InChI=1S/C23H26N4O/c1-17-8-6-7-11-21(17)27-18(2)24-22(25-27)23(28)26-14-12-20(13-15-26)16-19-9-4-3-5-10-19/h3-11,20H,12-16H2,1-2H3. The van der Waals surface area contributed by atoms with Crippen molar-refractivity contribution in [3.05, 3.63) is 77.4 Å². The summed E-state index contributed by atoms with van der Waals surface area (Å²) in [4.78, 5) is 19.3. The molecular weight excluding hydrogens is 348 g/mol. The van der Waals surface area contributed by atoms with Crippen LogP contribution in [0.5, 0.6) is 0 Å². The third-order valence-electron chi connectivity index (χ3n) is 5.57. The molecule has 0 unspecified atom stereocenters. The minimum atomic E-state index is -0.0615. The minimum absolute atomic E-state index is 0.0615. The monoisotopic (exact) mass is 374 g/mol. The van der Waals surface area contributed by atoms with Crippen LogP contribution in [0.2, 0.25) is 0 Å². The van der Waals surface area contributed by atoms with Crippen molar-refractivity contribution in [3.63, 3.8) is 0 Å². The van der Waals surface area contributed by atoms with Gasteiger partial charge in [0.15, 0.2) is 0 Å². The van der Waals surface area contributed by atoms with Gasteiger partial charge in [0.25, 0.3) is 5.91 Å². The maximum Gasteiger partial charge on any atom is 0.293 e. The second-order valence-corrected chi connectivity index (χ2v) is 7.61. The molecular formula is C23H26N4O. The van der Waals surface area contributed by atoms with E-state index in [1.165, 1.54) is 5.56 Å². The number of para-hydroxylation sites is 1. The molecule has 0 spiro atoms. The lowest BCUT2D eigenvalue weighted by Gasteiger charge is -2.31. The van der Waals surface area contributed by atoms with Gasteiger partial charge in [-0.15, -0.1) is 5.10 Å². The van der Waals surface area contributed by atoms with E-state index in [0.717, 1.165) is 49.4 Å². The van der Waals surface area contributed by atoms with Crippen LogP contribution in [-0.2, 0) is 6.42 Å². The lowest BCUT2D eigenvalue weighted by molar-refractivity contribution is 0.0678. The Hall–Kier alpha value is -2.95. The zero-order valence-electron chi connectivity index (χ0n) is 16.5. The summed E-state index contributed by atoms with van der Waals surface area (Å²) in [7, 11) is 0. The molecule has 4 rings (SSSR count). The normalized spacial score (nSPS) is 15.0.